The summed E-state index contributed by atoms with van der Waals surface area (Å²) in [6, 6.07) is 5.58. The smallest absolute Gasteiger partial charge is 0.338 e. The van der Waals surface area contributed by atoms with Gasteiger partial charge in [0.1, 0.15) is 23.8 Å². The second kappa shape index (κ2) is 8.35. The van der Waals surface area contributed by atoms with Crippen LogP contribution in [0.4, 0.5) is 0 Å². The van der Waals surface area contributed by atoms with E-state index in [1.807, 2.05) is 11.4 Å². The number of ether oxygens (including phenoxy) is 3. The lowest BCUT2D eigenvalue weighted by Crippen LogP contribution is -2.27. The van der Waals surface area contributed by atoms with E-state index in [9.17, 15) is 14.9 Å². The molecule has 2 heterocycles. The molecule has 1 atom stereocenters. The predicted octanol–water partition coefficient (Wildman–Crippen LogP) is 2.33. The number of hydrogen-bond donors (Lipinski definition) is 1. The van der Waals surface area contributed by atoms with E-state index in [0.29, 0.717) is 0 Å². The molecule has 1 aliphatic rings. The molecule has 0 unspecified atom stereocenters. The zero-order valence-electron chi connectivity index (χ0n) is 13.9. The molecule has 2 rings (SSSR count). The van der Waals surface area contributed by atoms with Crippen molar-refractivity contribution in [3.63, 3.8) is 0 Å². The Kier molecular flexibility index (Phi) is 6.19. The highest BCUT2D eigenvalue weighted by Crippen LogP contribution is 2.42. The maximum absolute atomic E-state index is 12.5. The van der Waals surface area contributed by atoms with E-state index in [4.69, 9.17) is 19.9 Å². The van der Waals surface area contributed by atoms with Gasteiger partial charge in [0.2, 0.25) is 5.88 Å². The average molecular weight is 362 g/mol. The predicted molar refractivity (Wildman–Crippen MR) is 89.9 cm³/mol. The largest absolute Gasteiger partial charge is 0.466 e. The number of nitrogens with two attached hydrogens (primary N) is 1. The fraction of sp³-hybridized carbons (Fsp3) is 0.353. The van der Waals surface area contributed by atoms with Gasteiger partial charge in [-0.15, -0.1) is 11.3 Å². The highest BCUT2D eigenvalue weighted by molar-refractivity contribution is 7.10. The van der Waals surface area contributed by atoms with Gasteiger partial charge in [-0.2, -0.15) is 5.26 Å². The minimum Gasteiger partial charge on any atom is -0.466 e. The fourth-order valence-corrected chi connectivity index (χ4v) is 3.31. The van der Waals surface area contributed by atoms with Gasteiger partial charge in [0.25, 0.3) is 0 Å². The van der Waals surface area contributed by atoms with Crippen molar-refractivity contribution in [2.45, 2.75) is 26.2 Å². The number of nitrogens with zero attached hydrogens (tertiary/aromatic N) is 1. The van der Waals surface area contributed by atoms with Crippen LogP contribution in [0.5, 0.6) is 0 Å². The monoisotopic (exact) mass is 362 g/mol. The van der Waals surface area contributed by atoms with Crippen molar-refractivity contribution in [2.24, 2.45) is 5.73 Å². The highest BCUT2D eigenvalue weighted by atomic mass is 32.1. The second-order valence-corrected chi connectivity index (χ2v) is 5.96. The van der Waals surface area contributed by atoms with Crippen LogP contribution in [0.15, 0.2) is 40.3 Å². The van der Waals surface area contributed by atoms with Crippen LogP contribution in [0.1, 0.15) is 31.1 Å². The van der Waals surface area contributed by atoms with Gasteiger partial charge in [-0.05, 0) is 25.3 Å². The maximum atomic E-state index is 12.5. The Morgan fingerprint density at radius 1 is 1.36 bits per heavy atom. The summed E-state index contributed by atoms with van der Waals surface area (Å²) >= 11 is 1.37. The van der Waals surface area contributed by atoms with Crippen LogP contribution < -0.4 is 5.73 Å². The third kappa shape index (κ3) is 4.00. The molecule has 0 spiro atoms. The van der Waals surface area contributed by atoms with Crippen molar-refractivity contribution in [3.05, 3.63) is 45.2 Å². The molecule has 0 radical (unpaired) electrons. The first-order chi connectivity index (χ1) is 12.0. The quantitative estimate of drug-likeness (QED) is 0.773. The van der Waals surface area contributed by atoms with Gasteiger partial charge >= 0.3 is 11.9 Å². The van der Waals surface area contributed by atoms with E-state index >= 15 is 0 Å². The number of carbonyl (C=O) groups is 2. The number of hydrogen-bond acceptors (Lipinski definition) is 8. The van der Waals surface area contributed by atoms with Crippen molar-refractivity contribution >= 4 is 23.3 Å². The minimum atomic E-state index is -0.734. The summed E-state index contributed by atoms with van der Waals surface area (Å²) in [6.45, 7) is 3.69. The number of nitriles is 1. The Morgan fingerprint density at radius 3 is 2.64 bits per heavy atom. The summed E-state index contributed by atoms with van der Waals surface area (Å²) in [4.78, 5) is 25.2. The Hall–Kier alpha value is -2.79. The summed E-state index contributed by atoms with van der Waals surface area (Å²) in [5.74, 6) is -2.03. The van der Waals surface area contributed by atoms with Gasteiger partial charge in [0, 0.05) is 4.88 Å². The van der Waals surface area contributed by atoms with Gasteiger partial charge in [0.05, 0.1) is 24.7 Å². The van der Waals surface area contributed by atoms with Crippen LogP contribution in [0.2, 0.25) is 0 Å². The molecular formula is C17H18N2O5S. The zero-order valence-corrected chi connectivity index (χ0v) is 14.7. The van der Waals surface area contributed by atoms with E-state index in [0.717, 1.165) is 4.88 Å². The minimum absolute atomic E-state index is 0.0480. The molecule has 0 aromatic carbocycles. The summed E-state index contributed by atoms with van der Waals surface area (Å²) in [5.41, 5.74) is 6.07. The lowest BCUT2D eigenvalue weighted by molar-refractivity contribution is -0.143. The van der Waals surface area contributed by atoms with Gasteiger partial charge < -0.3 is 19.9 Å². The molecule has 1 aromatic rings. The van der Waals surface area contributed by atoms with Crippen molar-refractivity contribution in [1.29, 1.82) is 5.26 Å². The van der Waals surface area contributed by atoms with Gasteiger partial charge in [-0.1, -0.05) is 6.07 Å². The van der Waals surface area contributed by atoms with Crippen LogP contribution in [0, 0.1) is 11.3 Å². The van der Waals surface area contributed by atoms with E-state index in [2.05, 4.69) is 0 Å². The lowest BCUT2D eigenvalue weighted by Gasteiger charge is -2.26. The Morgan fingerprint density at radius 2 is 2.08 bits per heavy atom. The fourth-order valence-electron chi connectivity index (χ4n) is 2.46. The number of esters is 2. The molecule has 7 nitrogen and oxygen atoms in total. The molecule has 1 aliphatic heterocycles. The van der Waals surface area contributed by atoms with Crippen LogP contribution in [0.25, 0.3) is 0 Å². The molecule has 0 amide bonds. The number of thiophene rings is 1. The molecule has 1 aromatic heterocycles. The first-order valence-corrected chi connectivity index (χ1v) is 8.58. The number of carbonyl (C=O) groups excluding carboxylic acids is 2. The van der Waals surface area contributed by atoms with Crippen LogP contribution in [0.3, 0.4) is 0 Å². The molecule has 2 N–H and O–H groups in total. The number of rotatable bonds is 6. The van der Waals surface area contributed by atoms with Crippen LogP contribution >= 0.6 is 11.3 Å². The SMILES string of the molecule is CCOC(=O)CC1=C(C(=O)OCC)[C@@H](c2cccs2)C(C#N)=C(N)O1. The van der Waals surface area contributed by atoms with E-state index in [1.165, 1.54) is 11.3 Å². The Balaban J connectivity index is 2.56. The molecule has 0 fully saturated rings. The van der Waals surface area contributed by atoms with E-state index in [-0.39, 0.29) is 42.4 Å². The third-order valence-electron chi connectivity index (χ3n) is 3.43. The summed E-state index contributed by atoms with van der Waals surface area (Å²) in [6.07, 6.45) is -0.275. The van der Waals surface area contributed by atoms with Crippen LogP contribution in [-0.2, 0) is 23.8 Å². The highest BCUT2D eigenvalue weighted by Gasteiger charge is 2.38. The normalized spacial score (nSPS) is 16.9. The average Bonchev–Trinajstić information content (AvgIpc) is 3.08. The van der Waals surface area contributed by atoms with E-state index < -0.39 is 17.9 Å². The molecule has 8 heteroatoms. The first-order valence-electron chi connectivity index (χ1n) is 7.70. The van der Waals surface area contributed by atoms with Crippen molar-refractivity contribution in [1.82, 2.24) is 0 Å². The van der Waals surface area contributed by atoms with E-state index in [1.54, 1.807) is 26.0 Å². The molecule has 0 aliphatic carbocycles. The van der Waals surface area contributed by atoms with Crippen molar-refractivity contribution in [2.75, 3.05) is 13.2 Å². The Bertz CT molecular complexity index is 759. The van der Waals surface area contributed by atoms with Gasteiger partial charge in [0.15, 0.2) is 0 Å². The molecule has 0 saturated heterocycles. The number of allylic oxidation sites excluding steroid dienone is 1. The molecule has 0 saturated carbocycles. The summed E-state index contributed by atoms with van der Waals surface area (Å²) < 4.78 is 15.5. The molecular weight excluding hydrogens is 344 g/mol. The standard InChI is InChI=1S/C17H18N2O5S/c1-3-22-13(20)8-11-15(17(21)23-4-2)14(12-6-5-7-25-12)10(9-18)16(19)24-11/h5-7,14H,3-4,8,19H2,1-2H3/t14-/m1/s1. The topological polar surface area (TPSA) is 112 Å². The molecule has 25 heavy (non-hydrogen) atoms. The zero-order chi connectivity index (χ0) is 18.4. The summed E-state index contributed by atoms with van der Waals surface area (Å²) in [5, 5.41) is 11.3. The third-order valence-corrected chi connectivity index (χ3v) is 4.37. The molecule has 132 valence electrons. The Labute approximate surface area is 149 Å². The maximum Gasteiger partial charge on any atom is 0.338 e. The molecule has 0 bridgehead atoms. The second-order valence-electron chi connectivity index (χ2n) is 4.98. The van der Waals surface area contributed by atoms with Crippen molar-refractivity contribution in [3.8, 4) is 6.07 Å². The summed E-state index contributed by atoms with van der Waals surface area (Å²) in [7, 11) is 0. The lowest BCUT2D eigenvalue weighted by atomic mass is 9.87. The van der Waals surface area contributed by atoms with Crippen molar-refractivity contribution < 1.29 is 23.8 Å². The first kappa shape index (κ1) is 18.5. The van der Waals surface area contributed by atoms with Crippen LogP contribution in [-0.4, -0.2) is 25.2 Å². The van der Waals surface area contributed by atoms with Gasteiger partial charge in [-0.25, -0.2) is 4.79 Å². The van der Waals surface area contributed by atoms with Gasteiger partial charge in [-0.3, -0.25) is 4.79 Å².